The largest absolute Gasteiger partial charge is 0.478 e. The predicted octanol–water partition coefficient (Wildman–Crippen LogP) is 3.64. The van der Waals surface area contributed by atoms with Crippen molar-refractivity contribution in [1.82, 2.24) is 0 Å². The summed E-state index contributed by atoms with van der Waals surface area (Å²) in [5, 5.41) is 8.53. The minimum Gasteiger partial charge on any atom is -0.478 e. The molecule has 3 heteroatoms. The van der Waals surface area contributed by atoms with E-state index in [4.69, 9.17) is 5.11 Å². The van der Waals surface area contributed by atoms with Crippen molar-refractivity contribution in [1.29, 1.82) is 0 Å². The van der Waals surface area contributed by atoms with Crippen molar-refractivity contribution >= 4 is 11.8 Å². The molecule has 0 saturated carbocycles. The van der Waals surface area contributed by atoms with Crippen molar-refractivity contribution < 1.29 is 14.7 Å². The SMILES string of the molecule is CC.CC.CC(=O)c1ccc(C(=O)O)cc1. The van der Waals surface area contributed by atoms with E-state index in [2.05, 4.69) is 0 Å². The van der Waals surface area contributed by atoms with Gasteiger partial charge in [0.1, 0.15) is 0 Å². The van der Waals surface area contributed by atoms with Crippen LogP contribution in [0.2, 0.25) is 0 Å². The maximum absolute atomic E-state index is 10.8. The molecule has 0 saturated heterocycles. The van der Waals surface area contributed by atoms with Gasteiger partial charge in [-0.05, 0) is 19.1 Å². The van der Waals surface area contributed by atoms with Crippen LogP contribution in [-0.4, -0.2) is 16.9 Å². The highest BCUT2D eigenvalue weighted by atomic mass is 16.4. The Morgan fingerprint density at radius 1 is 0.875 bits per heavy atom. The normalized spacial score (nSPS) is 7.81. The van der Waals surface area contributed by atoms with Gasteiger partial charge in [0.15, 0.2) is 5.78 Å². The minimum absolute atomic E-state index is 0.0630. The third-order valence-electron chi connectivity index (χ3n) is 1.54. The number of carboxylic acids is 1. The Labute approximate surface area is 97.1 Å². The molecular formula is C13H20O3. The van der Waals surface area contributed by atoms with Crippen LogP contribution in [0.3, 0.4) is 0 Å². The first-order chi connectivity index (χ1) is 7.61. The van der Waals surface area contributed by atoms with Crippen molar-refractivity contribution in [3.8, 4) is 0 Å². The summed E-state index contributed by atoms with van der Waals surface area (Å²) in [6.45, 7) is 9.44. The molecule has 0 bridgehead atoms. The second kappa shape index (κ2) is 9.90. The van der Waals surface area contributed by atoms with Gasteiger partial charge in [-0.25, -0.2) is 4.79 Å². The molecule has 0 radical (unpaired) electrons. The van der Waals surface area contributed by atoms with Gasteiger partial charge in [0.05, 0.1) is 5.56 Å². The number of benzene rings is 1. The quantitative estimate of drug-likeness (QED) is 0.780. The van der Waals surface area contributed by atoms with Gasteiger partial charge in [-0.2, -0.15) is 0 Å². The predicted molar refractivity (Wildman–Crippen MR) is 66.1 cm³/mol. The van der Waals surface area contributed by atoms with E-state index < -0.39 is 5.97 Å². The van der Waals surface area contributed by atoms with Gasteiger partial charge < -0.3 is 5.11 Å². The molecule has 1 aromatic rings. The van der Waals surface area contributed by atoms with E-state index in [1.165, 1.54) is 31.2 Å². The Morgan fingerprint density at radius 2 is 1.19 bits per heavy atom. The Kier molecular flexibility index (Phi) is 10.4. The number of carbonyl (C=O) groups is 2. The van der Waals surface area contributed by atoms with Gasteiger partial charge in [-0.3, -0.25) is 4.79 Å². The number of Topliss-reactive ketones (excluding diaryl/α,β-unsaturated/α-hetero) is 1. The Morgan fingerprint density at radius 3 is 1.44 bits per heavy atom. The van der Waals surface area contributed by atoms with Crippen LogP contribution in [0.1, 0.15) is 55.3 Å². The molecule has 1 aromatic carbocycles. The zero-order valence-corrected chi connectivity index (χ0v) is 10.6. The number of rotatable bonds is 2. The number of carboxylic acid groups (broad SMARTS) is 1. The minimum atomic E-state index is -0.981. The number of aromatic carboxylic acids is 1. The second-order valence-electron chi connectivity index (χ2n) is 2.44. The van der Waals surface area contributed by atoms with E-state index in [-0.39, 0.29) is 11.3 Å². The van der Waals surface area contributed by atoms with Crippen molar-refractivity contribution in [2.75, 3.05) is 0 Å². The van der Waals surface area contributed by atoms with Crippen LogP contribution < -0.4 is 0 Å². The van der Waals surface area contributed by atoms with Crippen molar-refractivity contribution in [3.05, 3.63) is 35.4 Å². The number of carbonyl (C=O) groups excluding carboxylic acids is 1. The molecule has 0 aromatic heterocycles. The summed E-state index contributed by atoms with van der Waals surface area (Å²) in [7, 11) is 0. The van der Waals surface area contributed by atoms with Crippen LogP contribution in [0, 0.1) is 0 Å². The van der Waals surface area contributed by atoms with Crippen molar-refractivity contribution in [2.45, 2.75) is 34.6 Å². The topological polar surface area (TPSA) is 54.4 Å². The number of hydrogen-bond donors (Lipinski definition) is 1. The summed E-state index contributed by atoms with van der Waals surface area (Å²) in [5.41, 5.74) is 0.722. The lowest BCUT2D eigenvalue weighted by atomic mass is 10.1. The second-order valence-corrected chi connectivity index (χ2v) is 2.44. The molecule has 0 aliphatic heterocycles. The monoisotopic (exact) mass is 224 g/mol. The summed E-state index contributed by atoms with van der Waals surface area (Å²) in [6, 6.07) is 5.84. The Bertz CT molecular complexity index is 279. The Balaban J connectivity index is 0. The van der Waals surface area contributed by atoms with Crippen LogP contribution in [0.4, 0.5) is 0 Å². The highest BCUT2D eigenvalue weighted by molar-refractivity contribution is 5.95. The van der Waals surface area contributed by atoms with Gasteiger partial charge in [-0.1, -0.05) is 39.8 Å². The summed E-state index contributed by atoms with van der Waals surface area (Å²) in [5.74, 6) is -1.04. The van der Waals surface area contributed by atoms with E-state index in [1.54, 1.807) is 0 Å². The highest BCUT2D eigenvalue weighted by Crippen LogP contribution is 2.04. The van der Waals surface area contributed by atoms with Crippen LogP contribution in [0.15, 0.2) is 24.3 Å². The molecular weight excluding hydrogens is 204 g/mol. The fourth-order valence-electron chi connectivity index (χ4n) is 0.848. The number of hydrogen-bond acceptors (Lipinski definition) is 2. The third kappa shape index (κ3) is 5.96. The third-order valence-corrected chi connectivity index (χ3v) is 1.54. The molecule has 90 valence electrons. The lowest BCUT2D eigenvalue weighted by Gasteiger charge is -1.95. The molecule has 0 amide bonds. The van der Waals surface area contributed by atoms with Gasteiger partial charge in [0.25, 0.3) is 0 Å². The lowest BCUT2D eigenvalue weighted by Crippen LogP contribution is -1.97. The fraction of sp³-hybridized carbons (Fsp3) is 0.385. The molecule has 0 fully saturated rings. The van der Waals surface area contributed by atoms with Crippen molar-refractivity contribution in [3.63, 3.8) is 0 Å². The average Bonchev–Trinajstić information content (AvgIpc) is 2.34. The average molecular weight is 224 g/mol. The first-order valence-corrected chi connectivity index (χ1v) is 5.45. The fourth-order valence-corrected chi connectivity index (χ4v) is 0.848. The van der Waals surface area contributed by atoms with Gasteiger partial charge >= 0.3 is 5.97 Å². The Hall–Kier alpha value is -1.64. The van der Waals surface area contributed by atoms with Gasteiger partial charge in [0.2, 0.25) is 0 Å². The number of ketones is 1. The van der Waals surface area contributed by atoms with E-state index >= 15 is 0 Å². The highest BCUT2D eigenvalue weighted by Gasteiger charge is 2.02. The molecule has 0 spiro atoms. The smallest absolute Gasteiger partial charge is 0.335 e. The van der Waals surface area contributed by atoms with E-state index in [9.17, 15) is 9.59 Å². The standard InChI is InChI=1S/C9H8O3.2C2H6/c1-6(10)7-2-4-8(5-3-7)9(11)12;2*1-2/h2-5H,1H3,(H,11,12);2*1-2H3. The summed E-state index contributed by atoms with van der Waals surface area (Å²) >= 11 is 0. The molecule has 0 heterocycles. The summed E-state index contributed by atoms with van der Waals surface area (Å²) < 4.78 is 0. The molecule has 0 unspecified atom stereocenters. The maximum Gasteiger partial charge on any atom is 0.335 e. The zero-order valence-electron chi connectivity index (χ0n) is 10.6. The molecule has 1 rings (SSSR count). The first kappa shape index (κ1) is 16.8. The van der Waals surface area contributed by atoms with Crippen molar-refractivity contribution in [2.24, 2.45) is 0 Å². The van der Waals surface area contributed by atoms with Crippen LogP contribution in [-0.2, 0) is 0 Å². The molecule has 0 atom stereocenters. The summed E-state index contributed by atoms with van der Waals surface area (Å²) in [4.78, 5) is 21.2. The van der Waals surface area contributed by atoms with E-state index in [1.807, 2.05) is 27.7 Å². The molecule has 3 nitrogen and oxygen atoms in total. The first-order valence-electron chi connectivity index (χ1n) is 5.45. The zero-order chi connectivity index (χ0) is 13.1. The molecule has 1 N–H and O–H groups in total. The molecule has 16 heavy (non-hydrogen) atoms. The van der Waals surface area contributed by atoms with Crippen LogP contribution in [0.5, 0.6) is 0 Å². The molecule has 0 aliphatic carbocycles. The summed E-state index contributed by atoms with van der Waals surface area (Å²) in [6.07, 6.45) is 0. The van der Waals surface area contributed by atoms with Gasteiger partial charge in [-0.15, -0.1) is 0 Å². The van der Waals surface area contributed by atoms with Crippen LogP contribution >= 0.6 is 0 Å². The lowest BCUT2D eigenvalue weighted by molar-refractivity contribution is 0.0696. The van der Waals surface area contributed by atoms with E-state index in [0.717, 1.165) is 0 Å². The van der Waals surface area contributed by atoms with Gasteiger partial charge in [0, 0.05) is 5.56 Å². The molecule has 0 aliphatic rings. The maximum atomic E-state index is 10.8. The van der Waals surface area contributed by atoms with E-state index in [0.29, 0.717) is 5.56 Å². The van der Waals surface area contributed by atoms with Crippen LogP contribution in [0.25, 0.3) is 0 Å².